The maximum atomic E-state index is 5.54. The Bertz CT molecular complexity index is 566. The Labute approximate surface area is 121 Å². The number of fused-ring (bicyclic) bond motifs is 1. The second-order valence-corrected chi connectivity index (χ2v) is 5.51. The van der Waals surface area contributed by atoms with Crippen molar-refractivity contribution in [3.63, 3.8) is 0 Å². The van der Waals surface area contributed by atoms with Crippen molar-refractivity contribution in [2.75, 3.05) is 41.3 Å². The third kappa shape index (κ3) is 3.50. The summed E-state index contributed by atoms with van der Waals surface area (Å²) in [5.74, 6) is 0.973. The van der Waals surface area contributed by atoms with Crippen molar-refractivity contribution >= 4 is 10.8 Å². The average molecular weight is 272 g/mol. The summed E-state index contributed by atoms with van der Waals surface area (Å²) in [5, 5.41) is 2.55. The van der Waals surface area contributed by atoms with E-state index in [-0.39, 0.29) is 0 Å². The fourth-order valence-electron chi connectivity index (χ4n) is 2.39. The molecule has 2 aromatic rings. The van der Waals surface area contributed by atoms with Crippen LogP contribution in [0.5, 0.6) is 5.75 Å². The van der Waals surface area contributed by atoms with Crippen molar-refractivity contribution in [2.45, 2.75) is 6.54 Å². The van der Waals surface area contributed by atoms with Crippen molar-refractivity contribution in [3.05, 3.63) is 42.0 Å². The Balaban J connectivity index is 2.27. The van der Waals surface area contributed by atoms with Crippen LogP contribution < -0.4 is 4.74 Å². The smallest absolute Gasteiger partial charge is 0.123 e. The maximum absolute atomic E-state index is 5.54. The molecule has 0 aromatic heterocycles. The molecule has 3 nitrogen and oxygen atoms in total. The van der Waals surface area contributed by atoms with E-state index < -0.39 is 0 Å². The van der Waals surface area contributed by atoms with Gasteiger partial charge in [0.25, 0.3) is 0 Å². The van der Waals surface area contributed by atoms with Crippen LogP contribution >= 0.6 is 0 Å². The molecule has 108 valence electrons. The monoisotopic (exact) mass is 272 g/mol. The van der Waals surface area contributed by atoms with Crippen LogP contribution in [0.4, 0.5) is 0 Å². The van der Waals surface area contributed by atoms with Gasteiger partial charge in [0.2, 0.25) is 0 Å². The second-order valence-electron chi connectivity index (χ2n) is 5.51. The molecular weight excluding hydrogens is 248 g/mol. The zero-order valence-corrected chi connectivity index (χ0v) is 12.9. The van der Waals surface area contributed by atoms with Gasteiger partial charge >= 0.3 is 0 Å². The molecule has 0 aliphatic carbocycles. The van der Waals surface area contributed by atoms with E-state index in [1.54, 1.807) is 7.11 Å². The second kappa shape index (κ2) is 6.73. The fraction of sp³-hybridized carbons (Fsp3) is 0.412. The number of rotatable bonds is 6. The molecule has 0 fully saturated rings. The summed E-state index contributed by atoms with van der Waals surface area (Å²) in [6, 6.07) is 12.7. The molecule has 3 heteroatoms. The van der Waals surface area contributed by atoms with Crippen LogP contribution in [0.15, 0.2) is 36.4 Å². The number of hydrogen-bond acceptors (Lipinski definition) is 3. The van der Waals surface area contributed by atoms with E-state index in [4.69, 9.17) is 4.74 Å². The van der Waals surface area contributed by atoms with E-state index in [0.717, 1.165) is 25.4 Å². The van der Waals surface area contributed by atoms with E-state index in [1.807, 2.05) is 0 Å². The highest BCUT2D eigenvalue weighted by atomic mass is 16.5. The van der Waals surface area contributed by atoms with Crippen molar-refractivity contribution in [1.82, 2.24) is 9.80 Å². The summed E-state index contributed by atoms with van der Waals surface area (Å²) in [7, 11) is 8.11. The molecule has 0 saturated heterocycles. The van der Waals surface area contributed by atoms with Gasteiger partial charge in [0.1, 0.15) is 5.75 Å². The van der Waals surface area contributed by atoms with Crippen molar-refractivity contribution < 1.29 is 4.74 Å². The Morgan fingerprint density at radius 1 is 0.950 bits per heavy atom. The largest absolute Gasteiger partial charge is 0.496 e. The van der Waals surface area contributed by atoms with Gasteiger partial charge in [0.05, 0.1) is 7.11 Å². The van der Waals surface area contributed by atoms with Gasteiger partial charge in [-0.25, -0.2) is 0 Å². The predicted molar refractivity (Wildman–Crippen MR) is 85.4 cm³/mol. The lowest BCUT2D eigenvalue weighted by atomic mass is 10.0. The molecule has 0 amide bonds. The van der Waals surface area contributed by atoms with Crippen LogP contribution in [0, 0.1) is 0 Å². The summed E-state index contributed by atoms with van der Waals surface area (Å²) in [5.41, 5.74) is 1.27. The standard InChI is InChI=1S/C17H24N2O/c1-18(2)11-12-19(3)13-16-15-8-6-5-7-14(15)9-10-17(16)20-4/h5-10H,11-13H2,1-4H3. The van der Waals surface area contributed by atoms with Gasteiger partial charge in [0.15, 0.2) is 0 Å². The van der Waals surface area contributed by atoms with E-state index in [2.05, 4.69) is 67.3 Å². The molecule has 0 spiro atoms. The highest BCUT2D eigenvalue weighted by Crippen LogP contribution is 2.28. The third-order valence-corrected chi connectivity index (χ3v) is 3.57. The van der Waals surface area contributed by atoms with Gasteiger partial charge in [-0.05, 0) is 38.0 Å². The minimum atomic E-state index is 0.901. The molecule has 2 rings (SSSR count). The van der Waals surface area contributed by atoms with Crippen molar-refractivity contribution in [1.29, 1.82) is 0 Å². The van der Waals surface area contributed by atoms with Gasteiger partial charge in [0, 0.05) is 25.2 Å². The normalized spacial score (nSPS) is 11.5. The third-order valence-electron chi connectivity index (χ3n) is 3.57. The van der Waals surface area contributed by atoms with Gasteiger partial charge in [-0.2, -0.15) is 0 Å². The quantitative estimate of drug-likeness (QED) is 0.804. The minimum Gasteiger partial charge on any atom is -0.496 e. The first-order valence-electron chi connectivity index (χ1n) is 6.99. The van der Waals surface area contributed by atoms with Gasteiger partial charge in [-0.1, -0.05) is 30.3 Å². The van der Waals surface area contributed by atoms with E-state index >= 15 is 0 Å². The average Bonchev–Trinajstić information content (AvgIpc) is 2.45. The van der Waals surface area contributed by atoms with Gasteiger partial charge in [-0.3, -0.25) is 0 Å². The Kier molecular flexibility index (Phi) is 4.99. The van der Waals surface area contributed by atoms with E-state index in [0.29, 0.717) is 0 Å². The first-order valence-corrected chi connectivity index (χ1v) is 6.99. The van der Waals surface area contributed by atoms with Crippen LogP contribution in [-0.4, -0.2) is 51.1 Å². The van der Waals surface area contributed by atoms with Crippen LogP contribution in [0.1, 0.15) is 5.56 Å². The first-order chi connectivity index (χ1) is 9.61. The van der Waals surface area contributed by atoms with Gasteiger partial charge < -0.3 is 14.5 Å². The lowest BCUT2D eigenvalue weighted by molar-refractivity contribution is 0.273. The number of likely N-dealkylation sites (N-methyl/N-ethyl adjacent to an activating group) is 2. The predicted octanol–water partition coefficient (Wildman–Crippen LogP) is 2.84. The Hall–Kier alpha value is -1.58. The lowest BCUT2D eigenvalue weighted by Gasteiger charge is -2.21. The zero-order chi connectivity index (χ0) is 14.5. The van der Waals surface area contributed by atoms with E-state index in [9.17, 15) is 0 Å². The van der Waals surface area contributed by atoms with Gasteiger partial charge in [-0.15, -0.1) is 0 Å². The highest BCUT2D eigenvalue weighted by molar-refractivity contribution is 5.87. The molecule has 0 N–H and O–H groups in total. The summed E-state index contributed by atoms with van der Waals surface area (Å²) >= 11 is 0. The molecule has 2 aromatic carbocycles. The van der Waals surface area contributed by atoms with Crippen molar-refractivity contribution in [3.8, 4) is 5.75 Å². The van der Waals surface area contributed by atoms with Crippen LogP contribution in [0.25, 0.3) is 10.8 Å². The summed E-state index contributed by atoms with van der Waals surface area (Å²) in [6.07, 6.45) is 0. The zero-order valence-electron chi connectivity index (χ0n) is 12.9. The number of methoxy groups -OCH3 is 1. The summed E-state index contributed by atoms with van der Waals surface area (Å²) < 4.78 is 5.54. The molecule has 20 heavy (non-hydrogen) atoms. The molecule has 0 aliphatic heterocycles. The SMILES string of the molecule is COc1ccc2ccccc2c1CN(C)CCN(C)C. The van der Waals surface area contributed by atoms with E-state index in [1.165, 1.54) is 16.3 Å². The molecule has 0 heterocycles. The first kappa shape index (κ1) is 14.8. The topological polar surface area (TPSA) is 15.7 Å². The molecule has 0 atom stereocenters. The summed E-state index contributed by atoms with van der Waals surface area (Å²) in [6.45, 7) is 3.00. The Morgan fingerprint density at radius 2 is 1.70 bits per heavy atom. The number of hydrogen-bond donors (Lipinski definition) is 0. The molecule has 0 radical (unpaired) electrons. The summed E-state index contributed by atoms with van der Waals surface area (Å²) in [4.78, 5) is 4.54. The minimum absolute atomic E-state index is 0.901. The van der Waals surface area contributed by atoms with Crippen LogP contribution in [0.2, 0.25) is 0 Å². The number of ether oxygens (including phenoxy) is 1. The molecule has 0 unspecified atom stereocenters. The molecule has 0 aliphatic rings. The Morgan fingerprint density at radius 3 is 2.40 bits per heavy atom. The molecular formula is C17H24N2O. The molecule has 0 bridgehead atoms. The van der Waals surface area contributed by atoms with Crippen LogP contribution in [-0.2, 0) is 6.54 Å². The van der Waals surface area contributed by atoms with Crippen LogP contribution in [0.3, 0.4) is 0 Å². The maximum Gasteiger partial charge on any atom is 0.123 e. The van der Waals surface area contributed by atoms with Crippen molar-refractivity contribution in [2.24, 2.45) is 0 Å². The molecule has 0 saturated carbocycles. The highest BCUT2D eigenvalue weighted by Gasteiger charge is 2.10. The number of nitrogens with zero attached hydrogens (tertiary/aromatic N) is 2. The fourth-order valence-corrected chi connectivity index (χ4v) is 2.39. The number of benzene rings is 2. The lowest BCUT2D eigenvalue weighted by Crippen LogP contribution is -2.28.